The largest absolute Gasteiger partial charge is 0.381 e. The number of ether oxygens (including phenoxy) is 1. The Morgan fingerprint density at radius 1 is 1.37 bits per heavy atom. The second-order valence-electron chi connectivity index (χ2n) is 5.72. The summed E-state index contributed by atoms with van der Waals surface area (Å²) in [5.41, 5.74) is 9.92. The van der Waals surface area contributed by atoms with E-state index in [1.54, 1.807) is 0 Å². The summed E-state index contributed by atoms with van der Waals surface area (Å²) in [5.74, 6) is 0. The first-order valence-electron chi connectivity index (χ1n) is 7.23. The van der Waals surface area contributed by atoms with Crippen LogP contribution >= 0.6 is 0 Å². The highest BCUT2D eigenvalue weighted by Crippen LogP contribution is 2.25. The van der Waals surface area contributed by atoms with Crippen LogP contribution in [0, 0.1) is 6.92 Å². The van der Waals surface area contributed by atoms with Crippen molar-refractivity contribution in [3.8, 4) is 0 Å². The Kier molecular flexibility index (Phi) is 4.83. The minimum Gasteiger partial charge on any atom is -0.381 e. The Balaban J connectivity index is 2.05. The summed E-state index contributed by atoms with van der Waals surface area (Å²) < 4.78 is 5.43. The van der Waals surface area contributed by atoms with Gasteiger partial charge >= 0.3 is 0 Å². The van der Waals surface area contributed by atoms with Crippen molar-refractivity contribution in [2.45, 2.75) is 45.3 Å². The molecule has 0 aromatic heterocycles. The quantitative estimate of drug-likeness (QED) is 0.906. The minimum absolute atomic E-state index is 0.225. The fourth-order valence-corrected chi connectivity index (χ4v) is 2.90. The van der Waals surface area contributed by atoms with E-state index in [0.29, 0.717) is 6.10 Å². The van der Waals surface area contributed by atoms with Gasteiger partial charge in [0.25, 0.3) is 0 Å². The zero-order valence-electron chi connectivity index (χ0n) is 12.4. The highest BCUT2D eigenvalue weighted by atomic mass is 16.5. The van der Waals surface area contributed by atoms with Crippen LogP contribution in [0.1, 0.15) is 30.9 Å². The highest BCUT2D eigenvalue weighted by molar-refractivity contribution is 5.54. The normalized spacial score (nSPS) is 18.6. The Morgan fingerprint density at radius 2 is 2.05 bits per heavy atom. The molecule has 1 aliphatic rings. The standard InChI is InChI=1S/C16H26N2O/c1-12-10-14(11-13(2)17)4-5-16(12)18-8-6-15(19-3)7-9-18/h4-5,10,13,15H,6-9,11,17H2,1-3H3. The van der Waals surface area contributed by atoms with E-state index >= 15 is 0 Å². The predicted octanol–water partition coefficient (Wildman–Crippen LogP) is 2.50. The number of hydrogen-bond donors (Lipinski definition) is 1. The van der Waals surface area contributed by atoms with Gasteiger partial charge in [-0.05, 0) is 50.3 Å². The monoisotopic (exact) mass is 262 g/mol. The summed E-state index contributed by atoms with van der Waals surface area (Å²) in [5, 5.41) is 0. The first kappa shape index (κ1) is 14.4. The van der Waals surface area contributed by atoms with Gasteiger partial charge in [0, 0.05) is 31.9 Å². The third-order valence-corrected chi connectivity index (χ3v) is 3.93. The molecule has 1 saturated heterocycles. The van der Waals surface area contributed by atoms with Gasteiger partial charge in [0.05, 0.1) is 6.10 Å². The maximum Gasteiger partial charge on any atom is 0.0605 e. The van der Waals surface area contributed by atoms with Crippen molar-refractivity contribution in [3.63, 3.8) is 0 Å². The molecule has 19 heavy (non-hydrogen) atoms. The summed E-state index contributed by atoms with van der Waals surface area (Å²) >= 11 is 0. The Hall–Kier alpha value is -1.06. The number of nitrogens with two attached hydrogens (primary N) is 1. The van der Waals surface area contributed by atoms with Crippen molar-refractivity contribution in [3.05, 3.63) is 29.3 Å². The molecule has 0 spiro atoms. The molecule has 2 rings (SSSR count). The van der Waals surface area contributed by atoms with Crippen molar-refractivity contribution >= 4 is 5.69 Å². The number of methoxy groups -OCH3 is 1. The van der Waals surface area contributed by atoms with Gasteiger partial charge in [0.1, 0.15) is 0 Å². The molecule has 0 amide bonds. The van der Waals surface area contributed by atoms with Crippen LogP contribution in [0.4, 0.5) is 5.69 Å². The van der Waals surface area contributed by atoms with Gasteiger partial charge in [-0.1, -0.05) is 12.1 Å². The highest BCUT2D eigenvalue weighted by Gasteiger charge is 2.19. The first-order chi connectivity index (χ1) is 9.10. The van der Waals surface area contributed by atoms with Gasteiger partial charge in [-0.25, -0.2) is 0 Å². The molecule has 0 saturated carbocycles. The summed E-state index contributed by atoms with van der Waals surface area (Å²) in [4.78, 5) is 2.47. The van der Waals surface area contributed by atoms with Gasteiger partial charge in [0.2, 0.25) is 0 Å². The molecule has 1 aromatic carbocycles. The topological polar surface area (TPSA) is 38.5 Å². The summed E-state index contributed by atoms with van der Waals surface area (Å²) in [6, 6.07) is 6.97. The second-order valence-corrected chi connectivity index (χ2v) is 5.72. The van der Waals surface area contributed by atoms with Crippen LogP contribution in [0.25, 0.3) is 0 Å². The number of anilines is 1. The van der Waals surface area contributed by atoms with E-state index in [4.69, 9.17) is 10.5 Å². The molecule has 0 radical (unpaired) electrons. The molecule has 3 heteroatoms. The molecule has 1 atom stereocenters. The number of hydrogen-bond acceptors (Lipinski definition) is 3. The number of nitrogens with zero attached hydrogens (tertiary/aromatic N) is 1. The van der Waals surface area contributed by atoms with Gasteiger partial charge in [0.15, 0.2) is 0 Å². The lowest BCUT2D eigenvalue weighted by Crippen LogP contribution is -2.37. The molecule has 1 heterocycles. The average Bonchev–Trinajstić information content (AvgIpc) is 2.38. The smallest absolute Gasteiger partial charge is 0.0605 e. The maximum absolute atomic E-state index is 5.86. The lowest BCUT2D eigenvalue weighted by atomic mass is 10.0. The van der Waals surface area contributed by atoms with Crippen molar-refractivity contribution < 1.29 is 4.74 Å². The summed E-state index contributed by atoms with van der Waals surface area (Å²) in [7, 11) is 1.81. The number of piperidine rings is 1. The van der Waals surface area contributed by atoms with Crippen molar-refractivity contribution in [2.75, 3.05) is 25.1 Å². The van der Waals surface area contributed by atoms with E-state index in [1.165, 1.54) is 16.8 Å². The molecule has 0 bridgehead atoms. The van der Waals surface area contributed by atoms with Crippen LogP contribution in [0.2, 0.25) is 0 Å². The fraction of sp³-hybridized carbons (Fsp3) is 0.625. The second kappa shape index (κ2) is 6.40. The van der Waals surface area contributed by atoms with Crippen LogP contribution in [-0.2, 0) is 11.2 Å². The van der Waals surface area contributed by atoms with Gasteiger partial charge in [-0.15, -0.1) is 0 Å². The van der Waals surface area contributed by atoms with Crippen LogP contribution < -0.4 is 10.6 Å². The molecule has 1 unspecified atom stereocenters. The zero-order chi connectivity index (χ0) is 13.8. The molecule has 0 aliphatic carbocycles. The Labute approximate surface area is 116 Å². The van der Waals surface area contributed by atoms with Gasteiger partial charge in [-0.2, -0.15) is 0 Å². The van der Waals surface area contributed by atoms with E-state index < -0.39 is 0 Å². The lowest BCUT2D eigenvalue weighted by molar-refractivity contribution is 0.0819. The maximum atomic E-state index is 5.86. The molecule has 1 aliphatic heterocycles. The number of aryl methyl sites for hydroxylation is 1. The Bertz CT molecular complexity index is 409. The molecule has 1 fully saturated rings. The van der Waals surface area contributed by atoms with Crippen LogP contribution in [0.5, 0.6) is 0 Å². The Morgan fingerprint density at radius 3 is 2.58 bits per heavy atom. The van der Waals surface area contributed by atoms with Crippen molar-refractivity contribution in [2.24, 2.45) is 5.73 Å². The van der Waals surface area contributed by atoms with E-state index in [2.05, 4.69) is 36.9 Å². The molecule has 3 nitrogen and oxygen atoms in total. The van der Waals surface area contributed by atoms with Crippen molar-refractivity contribution in [1.82, 2.24) is 0 Å². The third-order valence-electron chi connectivity index (χ3n) is 3.93. The van der Waals surface area contributed by atoms with Crippen molar-refractivity contribution in [1.29, 1.82) is 0 Å². The SMILES string of the molecule is COC1CCN(c2ccc(CC(C)N)cc2C)CC1. The number of rotatable bonds is 4. The fourth-order valence-electron chi connectivity index (χ4n) is 2.90. The van der Waals surface area contributed by atoms with Crippen LogP contribution in [-0.4, -0.2) is 32.3 Å². The summed E-state index contributed by atoms with van der Waals surface area (Å²) in [6.07, 6.45) is 3.64. The van der Waals surface area contributed by atoms with Gasteiger partial charge < -0.3 is 15.4 Å². The lowest BCUT2D eigenvalue weighted by Gasteiger charge is -2.34. The van der Waals surface area contributed by atoms with Crippen LogP contribution in [0.3, 0.4) is 0 Å². The zero-order valence-corrected chi connectivity index (χ0v) is 12.4. The van der Waals surface area contributed by atoms with E-state index in [0.717, 1.165) is 32.4 Å². The molecule has 1 aromatic rings. The third kappa shape index (κ3) is 3.71. The molecular formula is C16H26N2O. The molecule has 2 N–H and O–H groups in total. The molecular weight excluding hydrogens is 236 g/mol. The van der Waals surface area contributed by atoms with E-state index in [-0.39, 0.29) is 6.04 Å². The van der Waals surface area contributed by atoms with E-state index in [9.17, 15) is 0 Å². The van der Waals surface area contributed by atoms with Gasteiger partial charge in [-0.3, -0.25) is 0 Å². The first-order valence-corrected chi connectivity index (χ1v) is 7.23. The summed E-state index contributed by atoms with van der Waals surface area (Å²) in [6.45, 7) is 6.43. The van der Waals surface area contributed by atoms with E-state index in [1.807, 2.05) is 7.11 Å². The predicted molar refractivity (Wildman–Crippen MR) is 80.8 cm³/mol. The van der Waals surface area contributed by atoms with Crippen LogP contribution in [0.15, 0.2) is 18.2 Å². The minimum atomic E-state index is 0.225. The molecule has 106 valence electrons. The number of benzene rings is 1. The average molecular weight is 262 g/mol.